The lowest BCUT2D eigenvalue weighted by Crippen LogP contribution is -2.03. The van der Waals surface area contributed by atoms with Gasteiger partial charge in [-0.1, -0.05) is 181 Å². The molecule has 0 aromatic heterocycles. The second-order valence-electron chi connectivity index (χ2n) is 12.4. The molecule has 0 bridgehead atoms. The summed E-state index contributed by atoms with van der Waals surface area (Å²) in [6, 6.07) is 0. The summed E-state index contributed by atoms with van der Waals surface area (Å²) < 4.78 is 55.0. The Bertz CT molecular complexity index is 762. The Balaban J connectivity index is 0. The maximum absolute atomic E-state index is 13.1. The van der Waals surface area contributed by atoms with Crippen LogP contribution >= 0.6 is 23.5 Å². The highest BCUT2D eigenvalue weighted by Crippen LogP contribution is 2.68. The third-order valence-corrected chi connectivity index (χ3v) is 12.2. The van der Waals surface area contributed by atoms with Crippen LogP contribution in [0.3, 0.4) is 0 Å². The maximum Gasteiger partial charge on any atom is 0.490 e. The molecule has 278 valence electrons. The van der Waals surface area contributed by atoms with Crippen LogP contribution in [0, 0.1) is 0 Å². The lowest BCUT2D eigenvalue weighted by Gasteiger charge is -2.20. The Morgan fingerprint density at radius 2 is 0.630 bits per heavy atom. The molecule has 0 aliphatic heterocycles. The molecule has 0 heterocycles. The van der Waals surface area contributed by atoms with Gasteiger partial charge in [-0.3, -0.25) is 9.05 Å². The number of unbranched alkanes of at least 4 members (excludes halogenated alkanes) is 26. The molecule has 10 nitrogen and oxygen atoms in total. The molecule has 3 N–H and O–H groups in total. The van der Waals surface area contributed by atoms with E-state index in [9.17, 15) is 18.6 Å². The van der Waals surface area contributed by atoms with Gasteiger partial charge in [0.05, 0.1) is 13.2 Å². The molecule has 0 aromatic rings. The Kier molecular flexibility index (Phi) is 35.3. The first-order valence-electron chi connectivity index (χ1n) is 18.2. The summed E-state index contributed by atoms with van der Waals surface area (Å²) in [7, 11) is -15.3. The maximum atomic E-state index is 13.1. The molecular formula is C32H72AlO10P3. The Labute approximate surface area is 292 Å². The lowest BCUT2D eigenvalue weighted by molar-refractivity contribution is 0.134. The molecule has 0 spiro atoms. The minimum Gasteiger partial charge on any atom is -0.302 e. The highest BCUT2D eigenvalue weighted by atomic mass is 31.3. The van der Waals surface area contributed by atoms with Gasteiger partial charge in [-0.2, -0.15) is 8.62 Å². The predicted octanol–water partition coefficient (Wildman–Crippen LogP) is 11.1. The second kappa shape index (κ2) is 33.1. The molecule has 0 aromatic carbocycles. The zero-order valence-electron chi connectivity index (χ0n) is 28.8. The largest absolute Gasteiger partial charge is 0.490 e. The first-order chi connectivity index (χ1) is 21.5. The average Bonchev–Trinajstić information content (AvgIpc) is 2.95. The molecule has 46 heavy (non-hydrogen) atoms. The molecule has 0 rings (SSSR count). The quantitative estimate of drug-likeness (QED) is 0.0322. The van der Waals surface area contributed by atoms with Gasteiger partial charge in [-0.15, -0.1) is 0 Å². The van der Waals surface area contributed by atoms with Crippen LogP contribution in [0.5, 0.6) is 0 Å². The fraction of sp³-hybridized carbons (Fsp3) is 1.00. The van der Waals surface area contributed by atoms with Gasteiger partial charge in [0.25, 0.3) is 0 Å². The van der Waals surface area contributed by atoms with E-state index in [-0.39, 0.29) is 30.6 Å². The van der Waals surface area contributed by atoms with Crippen molar-refractivity contribution in [2.75, 3.05) is 13.2 Å². The van der Waals surface area contributed by atoms with E-state index in [1.807, 2.05) is 0 Å². The first kappa shape index (κ1) is 49.1. The standard InChI is InChI=1S/C32H69O10P3.Al.3H/c1-3-5-7-9-11-13-15-17-19-21-23-25-27-29-31-39-45(38,42-44(36,37)41-43(33,34)35)40-32-30-28-26-24-22-20-18-16-14-12-10-8-6-4-2;;;;/h3-32H2,1-2H3,(H,36,37)(H2,33,34,35);;;;. The first-order valence-corrected chi connectivity index (χ1v) is 22.7. The van der Waals surface area contributed by atoms with Gasteiger partial charge >= 0.3 is 23.5 Å². The zero-order chi connectivity index (χ0) is 33.5. The average molecular weight is 737 g/mol. The van der Waals surface area contributed by atoms with Gasteiger partial charge in [0.1, 0.15) is 0 Å². The fourth-order valence-corrected chi connectivity index (χ4v) is 8.94. The lowest BCUT2D eigenvalue weighted by atomic mass is 10.0. The van der Waals surface area contributed by atoms with Gasteiger partial charge in [0.2, 0.25) is 0 Å². The van der Waals surface area contributed by atoms with Crippen LogP contribution in [-0.2, 0) is 31.4 Å². The van der Waals surface area contributed by atoms with Crippen molar-refractivity contribution in [3.8, 4) is 0 Å². The second-order valence-corrected chi connectivity index (χ2v) is 17.1. The monoisotopic (exact) mass is 736 g/mol. The summed E-state index contributed by atoms with van der Waals surface area (Å²) >= 11 is 0. The summed E-state index contributed by atoms with van der Waals surface area (Å²) in [5.74, 6) is 0. The minimum absolute atomic E-state index is 0. The molecule has 1 unspecified atom stereocenters. The molecule has 0 aliphatic rings. The van der Waals surface area contributed by atoms with E-state index in [4.69, 9.17) is 18.8 Å². The van der Waals surface area contributed by atoms with Crippen molar-refractivity contribution < 1.29 is 46.0 Å². The highest BCUT2D eigenvalue weighted by molar-refractivity contribution is 7.66. The van der Waals surface area contributed by atoms with Crippen molar-refractivity contribution in [2.24, 2.45) is 0 Å². The topological polar surface area (TPSA) is 149 Å². The van der Waals surface area contributed by atoms with Gasteiger partial charge in [0, 0.05) is 0 Å². The zero-order valence-corrected chi connectivity index (χ0v) is 31.4. The van der Waals surface area contributed by atoms with Crippen LogP contribution in [0.25, 0.3) is 0 Å². The van der Waals surface area contributed by atoms with Crippen molar-refractivity contribution in [3.63, 3.8) is 0 Å². The molecule has 0 aliphatic carbocycles. The van der Waals surface area contributed by atoms with Crippen LogP contribution in [0.15, 0.2) is 0 Å². The molecule has 0 radical (unpaired) electrons. The molecule has 0 saturated carbocycles. The van der Waals surface area contributed by atoms with Gasteiger partial charge in [-0.05, 0) is 12.8 Å². The molecule has 0 saturated heterocycles. The highest BCUT2D eigenvalue weighted by Gasteiger charge is 2.42. The van der Waals surface area contributed by atoms with Crippen LogP contribution in [0.4, 0.5) is 0 Å². The van der Waals surface area contributed by atoms with E-state index in [1.54, 1.807) is 0 Å². The van der Waals surface area contributed by atoms with E-state index in [0.29, 0.717) is 12.8 Å². The molecular weight excluding hydrogens is 664 g/mol. The summed E-state index contributed by atoms with van der Waals surface area (Å²) in [4.78, 5) is 27.5. The molecule has 0 amide bonds. The van der Waals surface area contributed by atoms with E-state index in [0.717, 1.165) is 38.5 Å². The van der Waals surface area contributed by atoms with Crippen LogP contribution in [-0.4, -0.2) is 45.3 Å². The van der Waals surface area contributed by atoms with Crippen molar-refractivity contribution in [2.45, 2.75) is 194 Å². The van der Waals surface area contributed by atoms with E-state index in [2.05, 4.69) is 22.5 Å². The van der Waals surface area contributed by atoms with Crippen molar-refractivity contribution in [1.82, 2.24) is 0 Å². The van der Waals surface area contributed by atoms with Gasteiger partial charge < -0.3 is 14.7 Å². The van der Waals surface area contributed by atoms with Crippen molar-refractivity contribution in [3.05, 3.63) is 0 Å². The summed E-state index contributed by atoms with van der Waals surface area (Å²) in [6.07, 6.45) is 32.9. The third kappa shape index (κ3) is 36.2. The van der Waals surface area contributed by atoms with Gasteiger partial charge in [0.15, 0.2) is 17.4 Å². The summed E-state index contributed by atoms with van der Waals surface area (Å²) in [6.45, 7) is 4.40. The molecule has 0 fully saturated rings. The number of hydrogen-bond acceptors (Lipinski definition) is 7. The third-order valence-electron chi connectivity index (χ3n) is 7.91. The number of rotatable bonds is 36. The smallest absolute Gasteiger partial charge is 0.302 e. The molecule has 14 heteroatoms. The van der Waals surface area contributed by atoms with E-state index < -0.39 is 23.5 Å². The fourth-order valence-electron chi connectivity index (χ4n) is 5.31. The Morgan fingerprint density at radius 1 is 0.391 bits per heavy atom. The van der Waals surface area contributed by atoms with Crippen LogP contribution < -0.4 is 0 Å². The van der Waals surface area contributed by atoms with Crippen molar-refractivity contribution in [1.29, 1.82) is 0 Å². The van der Waals surface area contributed by atoms with Crippen molar-refractivity contribution >= 4 is 40.8 Å². The van der Waals surface area contributed by atoms with Crippen LogP contribution in [0.1, 0.15) is 194 Å². The number of hydrogen-bond donors (Lipinski definition) is 3. The van der Waals surface area contributed by atoms with Crippen LogP contribution in [0.2, 0.25) is 0 Å². The predicted molar refractivity (Wildman–Crippen MR) is 194 cm³/mol. The SMILES string of the molecule is CCCCCCCCCCCCCCCCOP(=O)(OCCCCCCCCCCCCCCCC)OP(=O)(O)OP(=O)(O)O.[AlH3]. The summed E-state index contributed by atoms with van der Waals surface area (Å²) in [5, 5.41) is 0. The minimum atomic E-state index is -5.39. The Hall–Kier alpha value is 0.942. The van der Waals surface area contributed by atoms with E-state index in [1.165, 1.54) is 128 Å². The summed E-state index contributed by atoms with van der Waals surface area (Å²) in [5.41, 5.74) is 0. The Morgan fingerprint density at radius 3 is 0.870 bits per heavy atom. The number of phosphoric acid groups is 3. The molecule has 1 atom stereocenters. The van der Waals surface area contributed by atoms with Gasteiger partial charge in [-0.25, -0.2) is 13.7 Å². The normalized spacial score (nSPS) is 13.5. The number of phosphoric ester groups is 1. The van der Waals surface area contributed by atoms with E-state index >= 15 is 0 Å².